The molecule has 1 unspecified atom stereocenters. The second kappa shape index (κ2) is 10.5. The highest BCUT2D eigenvalue weighted by Gasteiger charge is 2.36. The van der Waals surface area contributed by atoms with E-state index < -0.39 is 29.2 Å². The van der Waals surface area contributed by atoms with Crippen LogP contribution < -0.4 is 15.8 Å². The zero-order valence-corrected chi connectivity index (χ0v) is 22.3. The number of ether oxygens (including phenoxy) is 1. The van der Waals surface area contributed by atoms with Gasteiger partial charge in [0.05, 0.1) is 23.6 Å². The number of carbonyl (C=O) groups excluding carboxylic acids is 3. The third kappa shape index (κ3) is 4.84. The van der Waals surface area contributed by atoms with Crippen molar-refractivity contribution < 1.29 is 23.5 Å². The van der Waals surface area contributed by atoms with Crippen molar-refractivity contribution in [2.24, 2.45) is 5.92 Å². The molecule has 2 amide bonds. The number of thiophene rings is 1. The minimum Gasteiger partial charge on any atom is -0.461 e. The van der Waals surface area contributed by atoms with Crippen LogP contribution in [0.3, 0.4) is 0 Å². The quantitative estimate of drug-likeness (QED) is 0.327. The van der Waals surface area contributed by atoms with Gasteiger partial charge in [0.15, 0.2) is 5.69 Å². The number of amides is 2. The normalized spacial score (nSPS) is 15.2. The van der Waals surface area contributed by atoms with Crippen LogP contribution in [0.1, 0.15) is 23.8 Å². The van der Waals surface area contributed by atoms with Gasteiger partial charge in [-0.1, -0.05) is 15.9 Å². The van der Waals surface area contributed by atoms with E-state index in [0.29, 0.717) is 11.4 Å². The summed E-state index contributed by atoms with van der Waals surface area (Å²) in [6.45, 7) is 1.89. The standard InChI is InChI=1S/C26H20BrFN4O5S/c1-2-37-26(36)22-19-13-38-24(21(19)25(35)32(30-22)18-7-3-15(27)4-8-18)29-23(34)14-11-20(33)31(12-14)17-9-5-16(28)6-10-17/h3-10,13-14H,2,11-12H2,1H3,(H,29,34). The molecule has 1 aliphatic heterocycles. The second-order valence-corrected chi connectivity index (χ2v) is 10.3. The molecule has 38 heavy (non-hydrogen) atoms. The molecule has 2 aromatic heterocycles. The van der Waals surface area contributed by atoms with E-state index in [4.69, 9.17) is 4.74 Å². The van der Waals surface area contributed by atoms with E-state index in [1.54, 1.807) is 36.6 Å². The van der Waals surface area contributed by atoms with Crippen LogP contribution in [0.15, 0.2) is 63.2 Å². The lowest BCUT2D eigenvalue weighted by molar-refractivity contribution is -0.122. The molecule has 9 nitrogen and oxygen atoms in total. The van der Waals surface area contributed by atoms with Gasteiger partial charge in [-0.15, -0.1) is 11.3 Å². The van der Waals surface area contributed by atoms with E-state index in [-0.39, 0.29) is 46.9 Å². The SMILES string of the molecule is CCOC(=O)c1nn(-c2ccc(Br)cc2)c(=O)c2c(NC(=O)C3CC(=O)N(c4ccc(F)cc4)C3)scc12. The fourth-order valence-corrected chi connectivity index (χ4v) is 5.42. The van der Waals surface area contributed by atoms with E-state index in [1.165, 1.54) is 29.2 Å². The molecule has 3 heterocycles. The third-order valence-corrected chi connectivity index (χ3v) is 7.49. The monoisotopic (exact) mass is 598 g/mol. The van der Waals surface area contributed by atoms with E-state index >= 15 is 0 Å². The first-order valence-corrected chi connectivity index (χ1v) is 13.3. The lowest BCUT2D eigenvalue weighted by Crippen LogP contribution is -2.29. The summed E-state index contributed by atoms with van der Waals surface area (Å²) in [5.74, 6) is -2.53. The highest BCUT2D eigenvalue weighted by atomic mass is 79.9. The van der Waals surface area contributed by atoms with Crippen molar-refractivity contribution in [2.45, 2.75) is 13.3 Å². The highest BCUT2D eigenvalue weighted by molar-refractivity contribution is 9.10. The number of rotatable bonds is 6. The van der Waals surface area contributed by atoms with Crippen molar-refractivity contribution in [3.63, 3.8) is 0 Å². The zero-order chi connectivity index (χ0) is 27.0. The number of fused-ring (bicyclic) bond motifs is 1. The number of hydrogen-bond acceptors (Lipinski definition) is 7. The van der Waals surface area contributed by atoms with Crippen LogP contribution >= 0.6 is 27.3 Å². The summed E-state index contributed by atoms with van der Waals surface area (Å²) < 4.78 is 20.3. The van der Waals surface area contributed by atoms with Crippen molar-refractivity contribution in [1.29, 1.82) is 0 Å². The van der Waals surface area contributed by atoms with Crippen LogP contribution in [0, 0.1) is 11.7 Å². The number of benzene rings is 2. The number of esters is 1. The van der Waals surface area contributed by atoms with Crippen molar-refractivity contribution >= 4 is 66.5 Å². The average Bonchev–Trinajstić information content (AvgIpc) is 3.50. The topological polar surface area (TPSA) is 111 Å². The third-order valence-electron chi connectivity index (χ3n) is 6.06. The number of carbonyl (C=O) groups is 3. The summed E-state index contributed by atoms with van der Waals surface area (Å²) in [7, 11) is 0. The smallest absolute Gasteiger partial charge is 0.359 e. The van der Waals surface area contributed by atoms with Crippen LogP contribution in [0.2, 0.25) is 0 Å². The summed E-state index contributed by atoms with van der Waals surface area (Å²) in [6, 6.07) is 12.3. The van der Waals surface area contributed by atoms with Gasteiger partial charge in [0.1, 0.15) is 10.8 Å². The summed E-state index contributed by atoms with van der Waals surface area (Å²) in [6.07, 6.45) is -0.0364. The Morgan fingerprint density at radius 3 is 2.50 bits per heavy atom. The van der Waals surface area contributed by atoms with Crippen LogP contribution in [-0.2, 0) is 14.3 Å². The molecule has 5 rings (SSSR count). The zero-order valence-electron chi connectivity index (χ0n) is 19.9. The van der Waals surface area contributed by atoms with E-state index in [1.807, 2.05) is 0 Å². The van der Waals surface area contributed by atoms with Gasteiger partial charge in [-0.05, 0) is 55.5 Å². The lowest BCUT2D eigenvalue weighted by Gasteiger charge is -2.16. The molecule has 0 bridgehead atoms. The number of nitrogens with one attached hydrogen (secondary N) is 1. The molecule has 0 spiro atoms. The van der Waals surface area contributed by atoms with Crippen LogP contribution in [0.25, 0.3) is 16.5 Å². The number of nitrogens with zero attached hydrogens (tertiary/aromatic N) is 3. The molecule has 1 saturated heterocycles. The summed E-state index contributed by atoms with van der Waals surface area (Å²) in [5.41, 5.74) is 0.336. The van der Waals surface area contributed by atoms with Gasteiger partial charge < -0.3 is 15.0 Å². The van der Waals surface area contributed by atoms with Crippen molar-refractivity contribution in [3.8, 4) is 5.69 Å². The van der Waals surface area contributed by atoms with E-state index in [0.717, 1.165) is 20.5 Å². The molecule has 4 aromatic rings. The summed E-state index contributed by atoms with van der Waals surface area (Å²) >= 11 is 4.43. The first-order valence-electron chi connectivity index (χ1n) is 11.6. The molecule has 12 heteroatoms. The average molecular weight is 599 g/mol. The molecule has 0 radical (unpaired) electrons. The molecular formula is C26H20BrFN4O5S. The molecule has 1 atom stereocenters. The number of anilines is 2. The molecule has 0 saturated carbocycles. The Morgan fingerprint density at radius 1 is 1.13 bits per heavy atom. The molecule has 1 fully saturated rings. The molecule has 0 aliphatic carbocycles. The predicted octanol–water partition coefficient (Wildman–Crippen LogP) is 4.52. The fourth-order valence-electron chi connectivity index (χ4n) is 4.22. The lowest BCUT2D eigenvalue weighted by atomic mass is 10.1. The van der Waals surface area contributed by atoms with Gasteiger partial charge in [0.25, 0.3) is 5.56 Å². The fraction of sp³-hybridized carbons (Fsp3) is 0.192. The Bertz CT molecular complexity index is 1620. The van der Waals surface area contributed by atoms with Gasteiger partial charge in [-0.2, -0.15) is 9.78 Å². The van der Waals surface area contributed by atoms with Crippen LogP contribution in [0.5, 0.6) is 0 Å². The molecular weight excluding hydrogens is 579 g/mol. The predicted molar refractivity (Wildman–Crippen MR) is 144 cm³/mol. The molecule has 2 aromatic carbocycles. The Labute approximate surface area is 228 Å². The van der Waals surface area contributed by atoms with Gasteiger partial charge in [0, 0.05) is 33.9 Å². The first-order chi connectivity index (χ1) is 18.3. The maximum absolute atomic E-state index is 13.5. The highest BCUT2D eigenvalue weighted by Crippen LogP contribution is 2.32. The van der Waals surface area contributed by atoms with Gasteiger partial charge >= 0.3 is 5.97 Å². The second-order valence-electron chi connectivity index (χ2n) is 8.49. The van der Waals surface area contributed by atoms with Crippen molar-refractivity contribution in [3.05, 3.63) is 80.2 Å². The Morgan fingerprint density at radius 2 is 1.82 bits per heavy atom. The maximum Gasteiger partial charge on any atom is 0.359 e. The van der Waals surface area contributed by atoms with Crippen LogP contribution in [0.4, 0.5) is 15.1 Å². The van der Waals surface area contributed by atoms with Crippen molar-refractivity contribution in [1.82, 2.24) is 9.78 Å². The number of hydrogen-bond donors (Lipinski definition) is 1. The van der Waals surface area contributed by atoms with Gasteiger partial charge in [0.2, 0.25) is 11.8 Å². The van der Waals surface area contributed by atoms with Gasteiger partial charge in [-0.3, -0.25) is 14.4 Å². The summed E-state index contributed by atoms with van der Waals surface area (Å²) in [4.78, 5) is 53.5. The van der Waals surface area contributed by atoms with Crippen molar-refractivity contribution in [2.75, 3.05) is 23.4 Å². The minimum atomic E-state index is -0.699. The number of halogens is 2. The van der Waals surface area contributed by atoms with E-state index in [2.05, 4.69) is 26.3 Å². The minimum absolute atomic E-state index is 0.0364. The van der Waals surface area contributed by atoms with Crippen LogP contribution in [-0.4, -0.2) is 40.7 Å². The molecule has 1 N–H and O–H groups in total. The maximum atomic E-state index is 13.5. The first kappa shape index (κ1) is 25.7. The van der Waals surface area contributed by atoms with E-state index in [9.17, 15) is 23.6 Å². The Kier molecular flexibility index (Phi) is 7.09. The summed E-state index contributed by atoms with van der Waals surface area (Å²) in [5, 5.41) is 9.24. The Hall–Kier alpha value is -3.90. The largest absolute Gasteiger partial charge is 0.461 e. The molecule has 1 aliphatic rings. The Balaban J connectivity index is 1.50. The number of aromatic nitrogens is 2. The van der Waals surface area contributed by atoms with Gasteiger partial charge in [-0.25, -0.2) is 9.18 Å². The molecule has 194 valence electrons.